The minimum atomic E-state index is -0.399. The standard InChI is InChI=1S/C28H26FN3O3/c29-23-10-6-21(7-11-23)27(34)22-8-12-24(13-9-22)30-14-16-31(17-15-30)25-18-26(33)32(28(25)35)19-20-4-2-1-3-5-20/h1-13,25H,14-19H2/t25-/m0/s1. The van der Waals surface area contributed by atoms with Gasteiger partial charge in [-0.3, -0.25) is 24.2 Å². The number of anilines is 1. The molecule has 3 aromatic carbocycles. The number of carbonyl (C=O) groups is 3. The summed E-state index contributed by atoms with van der Waals surface area (Å²) in [6.07, 6.45) is 0.228. The Morgan fingerprint density at radius 2 is 1.40 bits per heavy atom. The van der Waals surface area contributed by atoms with Crippen molar-refractivity contribution in [2.24, 2.45) is 0 Å². The minimum Gasteiger partial charge on any atom is -0.369 e. The fourth-order valence-corrected chi connectivity index (χ4v) is 4.77. The monoisotopic (exact) mass is 471 g/mol. The number of hydrogen-bond acceptors (Lipinski definition) is 5. The number of hydrogen-bond donors (Lipinski definition) is 0. The molecular weight excluding hydrogens is 445 g/mol. The molecule has 2 amide bonds. The first-order valence-corrected chi connectivity index (χ1v) is 11.8. The summed E-state index contributed by atoms with van der Waals surface area (Å²) in [7, 11) is 0. The molecule has 35 heavy (non-hydrogen) atoms. The first-order chi connectivity index (χ1) is 17.0. The second kappa shape index (κ2) is 9.80. The van der Waals surface area contributed by atoms with Crippen molar-refractivity contribution in [3.05, 3.63) is 101 Å². The summed E-state index contributed by atoms with van der Waals surface area (Å²) in [6, 6.07) is 22.1. The Bertz CT molecular complexity index is 1220. The minimum absolute atomic E-state index is 0.115. The molecule has 2 saturated heterocycles. The van der Waals surface area contributed by atoms with Gasteiger partial charge in [0.2, 0.25) is 11.8 Å². The lowest BCUT2D eigenvalue weighted by atomic mass is 10.0. The molecule has 0 aromatic heterocycles. The maximum absolute atomic E-state index is 13.1. The quantitative estimate of drug-likeness (QED) is 0.407. The number of likely N-dealkylation sites (tertiary alicyclic amines) is 1. The summed E-state index contributed by atoms with van der Waals surface area (Å²) < 4.78 is 13.1. The zero-order valence-electron chi connectivity index (χ0n) is 19.3. The lowest BCUT2D eigenvalue weighted by molar-refractivity contribution is -0.140. The molecule has 0 bridgehead atoms. The van der Waals surface area contributed by atoms with E-state index in [1.54, 1.807) is 12.1 Å². The van der Waals surface area contributed by atoms with Crippen LogP contribution in [0.15, 0.2) is 78.9 Å². The highest BCUT2D eigenvalue weighted by atomic mass is 19.1. The number of rotatable bonds is 6. The molecule has 2 aliphatic heterocycles. The molecule has 2 heterocycles. The Morgan fingerprint density at radius 3 is 2.03 bits per heavy atom. The van der Waals surface area contributed by atoms with Crippen molar-refractivity contribution in [1.29, 1.82) is 0 Å². The fraction of sp³-hybridized carbons (Fsp3) is 0.250. The maximum atomic E-state index is 13.1. The third-order valence-electron chi connectivity index (χ3n) is 6.76. The second-order valence-corrected chi connectivity index (χ2v) is 8.93. The topological polar surface area (TPSA) is 60.9 Å². The van der Waals surface area contributed by atoms with Gasteiger partial charge in [-0.1, -0.05) is 30.3 Å². The van der Waals surface area contributed by atoms with Crippen molar-refractivity contribution >= 4 is 23.3 Å². The SMILES string of the molecule is O=C(c1ccc(F)cc1)c1ccc(N2CCN([C@H]3CC(=O)N(Cc4ccccc4)C3=O)CC2)cc1. The van der Waals surface area contributed by atoms with E-state index in [1.165, 1.54) is 29.2 Å². The largest absolute Gasteiger partial charge is 0.369 e. The molecule has 2 fully saturated rings. The van der Waals surface area contributed by atoms with Crippen LogP contribution in [0.25, 0.3) is 0 Å². The van der Waals surface area contributed by atoms with Gasteiger partial charge in [-0.2, -0.15) is 0 Å². The molecule has 0 unspecified atom stereocenters. The van der Waals surface area contributed by atoms with E-state index in [1.807, 2.05) is 42.5 Å². The van der Waals surface area contributed by atoms with Gasteiger partial charge in [0.05, 0.1) is 19.0 Å². The van der Waals surface area contributed by atoms with E-state index in [2.05, 4.69) is 9.80 Å². The van der Waals surface area contributed by atoms with Gasteiger partial charge in [0, 0.05) is 43.0 Å². The van der Waals surface area contributed by atoms with Gasteiger partial charge in [0.25, 0.3) is 0 Å². The molecule has 5 rings (SSSR count). The Kier molecular flexibility index (Phi) is 6.42. The van der Waals surface area contributed by atoms with Crippen LogP contribution in [0.4, 0.5) is 10.1 Å². The molecule has 0 spiro atoms. The highest BCUT2D eigenvalue weighted by Gasteiger charge is 2.42. The summed E-state index contributed by atoms with van der Waals surface area (Å²) in [4.78, 5) is 43.9. The summed E-state index contributed by atoms with van der Waals surface area (Å²) in [5, 5.41) is 0. The molecule has 6 nitrogen and oxygen atoms in total. The van der Waals surface area contributed by atoms with Crippen LogP contribution >= 0.6 is 0 Å². The molecule has 2 aliphatic rings. The summed E-state index contributed by atoms with van der Waals surface area (Å²) in [6.45, 7) is 3.13. The van der Waals surface area contributed by atoms with Crippen LogP contribution in [0.5, 0.6) is 0 Å². The Morgan fingerprint density at radius 1 is 0.800 bits per heavy atom. The van der Waals surface area contributed by atoms with Gasteiger partial charge in [0.1, 0.15) is 5.82 Å². The molecular formula is C28H26FN3O3. The number of amides is 2. The summed E-state index contributed by atoms with van der Waals surface area (Å²) in [5.74, 6) is -0.752. The third-order valence-corrected chi connectivity index (χ3v) is 6.76. The maximum Gasteiger partial charge on any atom is 0.247 e. The second-order valence-electron chi connectivity index (χ2n) is 8.93. The first-order valence-electron chi connectivity index (χ1n) is 11.8. The van der Waals surface area contributed by atoms with Crippen LogP contribution in [0.2, 0.25) is 0 Å². The van der Waals surface area contributed by atoms with E-state index in [9.17, 15) is 18.8 Å². The van der Waals surface area contributed by atoms with Crippen LogP contribution < -0.4 is 4.90 Å². The fourth-order valence-electron chi connectivity index (χ4n) is 4.77. The van der Waals surface area contributed by atoms with Gasteiger partial charge in [-0.25, -0.2) is 4.39 Å². The van der Waals surface area contributed by atoms with Gasteiger partial charge in [-0.05, 0) is 54.1 Å². The van der Waals surface area contributed by atoms with Crippen LogP contribution in [0.1, 0.15) is 27.9 Å². The van der Waals surface area contributed by atoms with Gasteiger partial charge < -0.3 is 4.90 Å². The number of carbonyl (C=O) groups excluding carboxylic acids is 3. The Balaban J connectivity index is 1.18. The van der Waals surface area contributed by atoms with Gasteiger partial charge in [-0.15, -0.1) is 0 Å². The van der Waals surface area contributed by atoms with Crippen LogP contribution in [-0.4, -0.2) is 59.6 Å². The van der Waals surface area contributed by atoms with E-state index >= 15 is 0 Å². The van der Waals surface area contributed by atoms with Crippen molar-refractivity contribution in [3.8, 4) is 0 Å². The van der Waals surface area contributed by atoms with Gasteiger partial charge >= 0.3 is 0 Å². The number of ketones is 1. The van der Waals surface area contributed by atoms with E-state index in [4.69, 9.17) is 0 Å². The number of piperazine rings is 1. The van der Waals surface area contributed by atoms with Crippen molar-refractivity contribution < 1.29 is 18.8 Å². The van der Waals surface area contributed by atoms with E-state index < -0.39 is 6.04 Å². The Hall–Kier alpha value is -3.84. The number of imide groups is 1. The highest BCUT2D eigenvalue weighted by Crippen LogP contribution is 2.24. The van der Waals surface area contributed by atoms with Crippen LogP contribution in [0.3, 0.4) is 0 Å². The van der Waals surface area contributed by atoms with E-state index in [-0.39, 0.29) is 29.8 Å². The molecule has 178 valence electrons. The third kappa shape index (κ3) is 4.86. The van der Waals surface area contributed by atoms with Crippen molar-refractivity contribution in [2.75, 3.05) is 31.1 Å². The molecule has 0 N–H and O–H groups in total. The van der Waals surface area contributed by atoms with E-state index in [0.717, 1.165) is 24.3 Å². The molecule has 0 radical (unpaired) electrons. The predicted molar refractivity (Wildman–Crippen MR) is 130 cm³/mol. The normalized spacial score (nSPS) is 18.8. The van der Waals surface area contributed by atoms with Gasteiger partial charge in [0.15, 0.2) is 5.78 Å². The number of nitrogens with zero attached hydrogens (tertiary/aromatic N) is 3. The highest BCUT2D eigenvalue weighted by molar-refractivity contribution is 6.09. The molecule has 0 saturated carbocycles. The first kappa shape index (κ1) is 22.9. The summed E-state index contributed by atoms with van der Waals surface area (Å²) >= 11 is 0. The smallest absolute Gasteiger partial charge is 0.247 e. The van der Waals surface area contributed by atoms with Crippen molar-refractivity contribution in [1.82, 2.24) is 9.80 Å². The average Bonchev–Trinajstić information content (AvgIpc) is 3.18. The molecule has 1 atom stereocenters. The summed E-state index contributed by atoms with van der Waals surface area (Å²) in [5.41, 5.74) is 2.94. The zero-order valence-corrected chi connectivity index (χ0v) is 19.3. The predicted octanol–water partition coefficient (Wildman–Crippen LogP) is 3.51. The van der Waals surface area contributed by atoms with Crippen molar-refractivity contribution in [3.63, 3.8) is 0 Å². The Labute approximate surface area is 203 Å². The lowest BCUT2D eigenvalue weighted by Gasteiger charge is -2.38. The molecule has 7 heteroatoms. The van der Waals surface area contributed by atoms with Crippen LogP contribution in [0, 0.1) is 5.82 Å². The lowest BCUT2D eigenvalue weighted by Crippen LogP contribution is -2.52. The number of benzene rings is 3. The number of halogens is 1. The zero-order chi connectivity index (χ0) is 24.4. The van der Waals surface area contributed by atoms with Crippen molar-refractivity contribution in [2.45, 2.75) is 19.0 Å². The average molecular weight is 472 g/mol. The molecule has 3 aromatic rings. The van der Waals surface area contributed by atoms with E-state index in [0.29, 0.717) is 30.8 Å². The molecule has 0 aliphatic carbocycles. The van der Waals surface area contributed by atoms with Crippen LogP contribution in [-0.2, 0) is 16.1 Å².